The number of thioether (sulfide) groups is 1. The maximum Gasteiger partial charge on any atom is 0.0176 e. The Bertz CT molecular complexity index is 496. The Morgan fingerprint density at radius 1 is 1.24 bits per heavy atom. The average Bonchev–Trinajstić information content (AvgIpc) is 3.01. The quantitative estimate of drug-likeness (QED) is 0.565. The number of halogens is 1. The van der Waals surface area contributed by atoms with Gasteiger partial charge >= 0.3 is 0 Å². The van der Waals surface area contributed by atoms with E-state index in [0.717, 1.165) is 16.8 Å². The fraction of sp³-hybridized carbons (Fsp3) is 0.412. The van der Waals surface area contributed by atoms with Crippen molar-refractivity contribution in [2.75, 3.05) is 12.3 Å². The highest BCUT2D eigenvalue weighted by atomic mass is 79.9. The molecule has 2 rings (SSSR count). The summed E-state index contributed by atoms with van der Waals surface area (Å²) in [5, 5.41) is 5.86. The number of hydrogen-bond acceptors (Lipinski definition) is 3. The van der Waals surface area contributed by atoms with Crippen LogP contribution in [0.25, 0.3) is 0 Å². The second-order valence-electron chi connectivity index (χ2n) is 5.03. The molecule has 1 aromatic heterocycles. The first-order valence-corrected chi connectivity index (χ1v) is 10.1. The average molecular weight is 384 g/mol. The summed E-state index contributed by atoms with van der Waals surface area (Å²) in [4.78, 5) is 2.84. The lowest BCUT2D eigenvalue weighted by Crippen LogP contribution is -2.32. The number of rotatable bonds is 9. The summed E-state index contributed by atoms with van der Waals surface area (Å²) >= 11 is 7.30. The van der Waals surface area contributed by atoms with Gasteiger partial charge in [-0.3, -0.25) is 0 Å². The van der Waals surface area contributed by atoms with Crippen LogP contribution in [0.4, 0.5) is 0 Å². The zero-order valence-electron chi connectivity index (χ0n) is 12.3. The SMILES string of the molecule is CCCNC(CCc1cccs1)CSc1ccc(Br)cc1. The summed E-state index contributed by atoms with van der Waals surface area (Å²) in [5.74, 6) is 1.13. The smallest absolute Gasteiger partial charge is 0.0176 e. The Hall–Kier alpha value is -0.290. The Morgan fingerprint density at radius 2 is 2.05 bits per heavy atom. The summed E-state index contributed by atoms with van der Waals surface area (Å²) in [7, 11) is 0. The molecule has 0 saturated heterocycles. The predicted molar refractivity (Wildman–Crippen MR) is 99.6 cm³/mol. The molecule has 2 aromatic rings. The van der Waals surface area contributed by atoms with Gasteiger partial charge in [0.1, 0.15) is 0 Å². The van der Waals surface area contributed by atoms with Gasteiger partial charge in [-0.2, -0.15) is 0 Å². The highest BCUT2D eigenvalue weighted by molar-refractivity contribution is 9.10. The van der Waals surface area contributed by atoms with Crippen LogP contribution in [0.3, 0.4) is 0 Å². The van der Waals surface area contributed by atoms with Crippen LogP contribution in [-0.2, 0) is 6.42 Å². The lowest BCUT2D eigenvalue weighted by molar-refractivity contribution is 0.521. The van der Waals surface area contributed by atoms with Crippen molar-refractivity contribution in [1.82, 2.24) is 5.32 Å². The molecule has 21 heavy (non-hydrogen) atoms. The molecule has 114 valence electrons. The standard InChI is InChI=1S/C17H22BrNS2/c1-2-11-19-15(7-10-16-4-3-12-20-16)13-21-17-8-5-14(18)6-9-17/h3-6,8-9,12,15,19H,2,7,10-11,13H2,1H3. The third kappa shape index (κ3) is 6.55. The van der Waals surface area contributed by atoms with Crippen LogP contribution in [0, 0.1) is 0 Å². The molecule has 1 unspecified atom stereocenters. The van der Waals surface area contributed by atoms with E-state index in [-0.39, 0.29) is 0 Å². The largest absolute Gasteiger partial charge is 0.313 e. The number of benzene rings is 1. The van der Waals surface area contributed by atoms with Crippen molar-refractivity contribution in [2.45, 2.75) is 37.1 Å². The van der Waals surface area contributed by atoms with Crippen LogP contribution in [0.2, 0.25) is 0 Å². The van der Waals surface area contributed by atoms with Gasteiger partial charge < -0.3 is 5.32 Å². The molecule has 1 N–H and O–H groups in total. The highest BCUT2D eigenvalue weighted by Gasteiger charge is 2.09. The molecule has 0 aliphatic heterocycles. The summed E-state index contributed by atoms with van der Waals surface area (Å²) in [6.07, 6.45) is 3.59. The number of nitrogens with one attached hydrogen (secondary N) is 1. The molecule has 0 fully saturated rings. The normalized spacial score (nSPS) is 12.5. The van der Waals surface area contributed by atoms with Gasteiger partial charge in [0.2, 0.25) is 0 Å². The van der Waals surface area contributed by atoms with E-state index in [1.807, 2.05) is 23.1 Å². The molecule has 1 heterocycles. The van der Waals surface area contributed by atoms with Crippen LogP contribution in [0.1, 0.15) is 24.6 Å². The monoisotopic (exact) mass is 383 g/mol. The van der Waals surface area contributed by atoms with Crippen molar-refractivity contribution in [3.63, 3.8) is 0 Å². The molecule has 0 amide bonds. The molecule has 0 aliphatic carbocycles. The van der Waals surface area contributed by atoms with Crippen molar-refractivity contribution < 1.29 is 0 Å². The summed E-state index contributed by atoms with van der Waals surface area (Å²) in [6, 6.07) is 13.6. The van der Waals surface area contributed by atoms with Gasteiger partial charge in [0.05, 0.1) is 0 Å². The Labute approximate surface area is 144 Å². The van der Waals surface area contributed by atoms with E-state index in [0.29, 0.717) is 6.04 Å². The summed E-state index contributed by atoms with van der Waals surface area (Å²) < 4.78 is 1.14. The Kier molecular flexibility index (Phi) is 7.86. The zero-order chi connectivity index (χ0) is 14.9. The van der Waals surface area contributed by atoms with E-state index in [1.165, 1.54) is 29.0 Å². The van der Waals surface area contributed by atoms with E-state index in [9.17, 15) is 0 Å². The first-order chi connectivity index (χ1) is 10.3. The van der Waals surface area contributed by atoms with Crippen LogP contribution in [0.5, 0.6) is 0 Å². The molecule has 0 bridgehead atoms. The molecular formula is C17H22BrNS2. The molecule has 0 saturated carbocycles. The van der Waals surface area contributed by atoms with Crippen LogP contribution >= 0.6 is 39.0 Å². The third-order valence-corrected chi connectivity index (χ3v) is 5.91. The molecule has 1 aromatic carbocycles. The van der Waals surface area contributed by atoms with E-state index >= 15 is 0 Å². The number of thiophene rings is 1. The minimum Gasteiger partial charge on any atom is -0.313 e. The second-order valence-corrected chi connectivity index (χ2v) is 8.08. The maximum atomic E-state index is 3.69. The summed E-state index contributed by atoms with van der Waals surface area (Å²) in [6.45, 7) is 3.33. The fourth-order valence-corrected chi connectivity index (χ4v) is 4.09. The van der Waals surface area contributed by atoms with Gasteiger partial charge in [0, 0.05) is 26.0 Å². The van der Waals surface area contributed by atoms with E-state index in [4.69, 9.17) is 0 Å². The topological polar surface area (TPSA) is 12.0 Å². The minimum atomic E-state index is 0.584. The molecule has 4 heteroatoms. The maximum absolute atomic E-state index is 3.69. The fourth-order valence-electron chi connectivity index (χ4n) is 2.09. The summed E-state index contributed by atoms with van der Waals surface area (Å²) in [5.41, 5.74) is 0. The second kappa shape index (κ2) is 9.67. The van der Waals surface area contributed by atoms with Crippen LogP contribution in [0.15, 0.2) is 51.1 Å². The molecular weight excluding hydrogens is 362 g/mol. The van der Waals surface area contributed by atoms with Crippen LogP contribution < -0.4 is 5.32 Å². The minimum absolute atomic E-state index is 0.584. The number of hydrogen-bond donors (Lipinski definition) is 1. The van der Waals surface area contributed by atoms with Crippen molar-refractivity contribution in [2.24, 2.45) is 0 Å². The van der Waals surface area contributed by atoms with Crippen molar-refractivity contribution >= 4 is 39.0 Å². The Balaban J connectivity index is 1.81. The highest BCUT2D eigenvalue weighted by Crippen LogP contribution is 2.22. The molecule has 0 aliphatic rings. The van der Waals surface area contributed by atoms with Gasteiger partial charge in [0.25, 0.3) is 0 Å². The number of aryl methyl sites for hydroxylation is 1. The zero-order valence-corrected chi connectivity index (χ0v) is 15.6. The van der Waals surface area contributed by atoms with E-state index < -0.39 is 0 Å². The van der Waals surface area contributed by atoms with Gasteiger partial charge in [0.15, 0.2) is 0 Å². The lowest BCUT2D eigenvalue weighted by Gasteiger charge is -2.18. The molecule has 1 atom stereocenters. The van der Waals surface area contributed by atoms with Crippen molar-refractivity contribution in [3.8, 4) is 0 Å². The van der Waals surface area contributed by atoms with E-state index in [1.54, 1.807) is 0 Å². The molecule has 0 spiro atoms. The van der Waals surface area contributed by atoms with Gasteiger partial charge in [-0.25, -0.2) is 0 Å². The lowest BCUT2D eigenvalue weighted by atomic mass is 10.1. The molecule has 1 nitrogen and oxygen atoms in total. The first-order valence-electron chi connectivity index (χ1n) is 7.42. The van der Waals surface area contributed by atoms with E-state index in [2.05, 4.69) is 69.9 Å². The third-order valence-electron chi connectivity index (χ3n) is 3.27. The van der Waals surface area contributed by atoms with Crippen molar-refractivity contribution in [3.05, 3.63) is 51.1 Å². The Morgan fingerprint density at radius 3 is 2.71 bits per heavy atom. The van der Waals surface area contributed by atoms with Crippen molar-refractivity contribution in [1.29, 1.82) is 0 Å². The molecule has 0 radical (unpaired) electrons. The van der Waals surface area contributed by atoms with Gasteiger partial charge in [-0.1, -0.05) is 28.9 Å². The predicted octanol–water partition coefficient (Wildman–Crippen LogP) is 5.60. The van der Waals surface area contributed by atoms with Gasteiger partial charge in [-0.15, -0.1) is 23.1 Å². The van der Waals surface area contributed by atoms with Crippen LogP contribution in [-0.4, -0.2) is 18.3 Å². The first kappa shape index (κ1) is 17.1. The van der Waals surface area contributed by atoms with Gasteiger partial charge in [-0.05, 0) is 61.5 Å².